The van der Waals surface area contributed by atoms with Crippen molar-refractivity contribution in [1.82, 2.24) is 24.6 Å². The molecule has 4 heterocycles. The Hall–Kier alpha value is -3.36. The van der Waals surface area contributed by atoms with Crippen molar-refractivity contribution in [3.8, 4) is 17.4 Å². The Morgan fingerprint density at radius 2 is 1.96 bits per heavy atom. The first-order valence-electron chi connectivity index (χ1n) is 15.3. The number of rotatable bonds is 11. The van der Waals surface area contributed by atoms with Gasteiger partial charge in [-0.3, -0.25) is 9.36 Å². The number of hydrogen-bond donors (Lipinski definition) is 5. The second-order valence-corrected chi connectivity index (χ2v) is 14.3. The van der Waals surface area contributed by atoms with Crippen molar-refractivity contribution in [2.75, 3.05) is 32.7 Å². The number of nitrogen functional groups attached to an aromatic ring is 1. The molecule has 264 valence electrons. The van der Waals surface area contributed by atoms with Crippen LogP contribution in [0.5, 0.6) is 17.4 Å². The van der Waals surface area contributed by atoms with Crippen LogP contribution in [0.15, 0.2) is 36.4 Å². The summed E-state index contributed by atoms with van der Waals surface area (Å²) in [6.45, 7) is 3.41. The fourth-order valence-corrected chi connectivity index (χ4v) is 7.56. The van der Waals surface area contributed by atoms with Gasteiger partial charge in [0.15, 0.2) is 32.7 Å². The molecule has 0 bridgehead atoms. The fourth-order valence-electron chi connectivity index (χ4n) is 5.75. The first-order valence-corrected chi connectivity index (χ1v) is 18.0. The highest BCUT2D eigenvalue weighted by Gasteiger charge is 2.54. The Bertz CT molecular complexity index is 1910. The lowest BCUT2D eigenvalue weighted by molar-refractivity contribution is -0.154. The van der Waals surface area contributed by atoms with Gasteiger partial charge in [-0.1, -0.05) is 30.3 Å². The highest BCUT2D eigenvalue weighted by molar-refractivity contribution is 14.1. The molecule has 2 saturated heterocycles. The van der Waals surface area contributed by atoms with Gasteiger partial charge in [0, 0.05) is 40.8 Å². The average molecular weight is 815 g/mol. The Morgan fingerprint density at radius 3 is 2.69 bits per heavy atom. The maximum atomic E-state index is 13.4. The molecule has 2 fully saturated rings. The molecule has 0 spiro atoms. The summed E-state index contributed by atoms with van der Waals surface area (Å²) < 4.78 is 49.1. The van der Waals surface area contributed by atoms with Crippen LogP contribution in [-0.2, 0) is 23.6 Å². The van der Waals surface area contributed by atoms with Gasteiger partial charge in [0.25, 0.3) is 0 Å². The number of aliphatic hydroxyl groups is 2. The van der Waals surface area contributed by atoms with E-state index in [-0.39, 0.29) is 47.2 Å². The van der Waals surface area contributed by atoms with Crippen LogP contribution in [0, 0.1) is 3.83 Å². The van der Waals surface area contributed by atoms with Crippen LogP contribution in [-0.4, -0.2) is 97.5 Å². The number of hydrogen-bond acceptors (Lipinski definition) is 14. The maximum absolute atomic E-state index is 13.4. The van der Waals surface area contributed by atoms with Gasteiger partial charge >= 0.3 is 13.7 Å². The van der Waals surface area contributed by atoms with E-state index < -0.39 is 43.8 Å². The van der Waals surface area contributed by atoms with Crippen LogP contribution in [0.3, 0.4) is 0 Å². The predicted octanol–water partition coefficient (Wildman–Crippen LogP) is 2.44. The molecule has 6 atom stereocenters. The minimum absolute atomic E-state index is 0.0408. The van der Waals surface area contributed by atoms with E-state index in [1.807, 2.05) is 22.6 Å². The van der Waals surface area contributed by atoms with Gasteiger partial charge in [0.05, 0.1) is 20.3 Å². The second-order valence-electron chi connectivity index (χ2n) is 11.8. The zero-order valence-electron chi connectivity index (χ0n) is 26.7. The molecule has 0 saturated carbocycles. The monoisotopic (exact) mass is 814 g/mol. The number of carbonyl (C=O) groups excluding carboxylic acids is 1. The molecule has 2 aromatic carbocycles. The van der Waals surface area contributed by atoms with Gasteiger partial charge in [-0.15, -0.1) is 0 Å². The third-order valence-corrected chi connectivity index (χ3v) is 10.2. The number of ether oxygens (including phenoxy) is 5. The smallest absolute Gasteiger partial charge is 0.457 e. The van der Waals surface area contributed by atoms with E-state index in [1.165, 1.54) is 31.6 Å². The van der Waals surface area contributed by atoms with Crippen molar-refractivity contribution in [3.63, 3.8) is 0 Å². The zero-order chi connectivity index (χ0) is 35.1. The molecule has 4 aromatic rings. The van der Waals surface area contributed by atoms with Crippen LogP contribution < -0.4 is 24.8 Å². The molecule has 0 amide bonds. The molecule has 6 rings (SSSR count). The molecule has 2 aliphatic heterocycles. The van der Waals surface area contributed by atoms with Crippen molar-refractivity contribution in [2.24, 2.45) is 0 Å². The number of benzene rings is 2. The summed E-state index contributed by atoms with van der Waals surface area (Å²) in [6.07, 6.45) is -3.04. The van der Waals surface area contributed by atoms with Crippen LogP contribution in [0.25, 0.3) is 21.9 Å². The number of aliphatic hydroxyl groups excluding tert-OH is 1. The largest absolute Gasteiger partial charge is 0.487 e. The van der Waals surface area contributed by atoms with E-state index in [0.717, 1.165) is 0 Å². The van der Waals surface area contributed by atoms with Crippen molar-refractivity contribution >= 4 is 64.2 Å². The van der Waals surface area contributed by atoms with Crippen LogP contribution in [0.4, 0.5) is 5.95 Å². The first kappa shape index (κ1) is 35.5. The third-order valence-electron chi connectivity index (χ3n) is 8.29. The third kappa shape index (κ3) is 7.27. The minimum Gasteiger partial charge on any atom is -0.487 e. The summed E-state index contributed by atoms with van der Waals surface area (Å²) in [4.78, 5) is 36.3. The number of anilines is 1. The van der Waals surface area contributed by atoms with Crippen molar-refractivity contribution < 1.29 is 52.7 Å². The molecule has 17 nitrogen and oxygen atoms in total. The summed E-state index contributed by atoms with van der Waals surface area (Å²) in [7, 11) is -3.28. The number of nitrogens with one attached hydrogen (secondary N) is 1. The molecule has 49 heavy (non-hydrogen) atoms. The molecule has 2 aliphatic rings. The van der Waals surface area contributed by atoms with Crippen molar-refractivity contribution in [1.29, 1.82) is 0 Å². The molecule has 2 aromatic heterocycles. The van der Waals surface area contributed by atoms with Crippen LogP contribution in [0.2, 0.25) is 0 Å². The van der Waals surface area contributed by atoms with Crippen molar-refractivity contribution in [3.05, 3.63) is 40.2 Å². The Labute approximate surface area is 293 Å². The highest BCUT2D eigenvalue weighted by Crippen LogP contribution is 2.47. The summed E-state index contributed by atoms with van der Waals surface area (Å²) in [5.41, 5.74) is 4.52. The maximum Gasteiger partial charge on any atom is 0.457 e. The Morgan fingerprint density at radius 1 is 1.22 bits per heavy atom. The van der Waals surface area contributed by atoms with E-state index >= 15 is 0 Å². The number of methoxy groups -OCH3 is 1. The summed E-state index contributed by atoms with van der Waals surface area (Å²) in [6, 6.07) is 9.05. The normalized spacial score (nSPS) is 24.8. The average Bonchev–Trinajstić information content (AvgIpc) is 3.50. The predicted molar refractivity (Wildman–Crippen MR) is 182 cm³/mol. The number of nitrogens with two attached hydrogens (primary N) is 1. The van der Waals surface area contributed by atoms with Gasteiger partial charge < -0.3 is 49.0 Å². The minimum atomic E-state index is -4.69. The lowest BCUT2D eigenvalue weighted by Gasteiger charge is -2.27. The molecule has 0 radical (unpaired) electrons. The number of carbonyl (C=O) groups is 1. The Balaban J connectivity index is 1.22. The summed E-state index contributed by atoms with van der Waals surface area (Å²) in [5.74, 6) is -0.723. The first-order chi connectivity index (χ1) is 23.3. The molecular formula is C30H36IN6O11P. The summed E-state index contributed by atoms with van der Waals surface area (Å²) in [5, 5.41) is 26.2. The number of aromatic nitrogens is 4. The molecule has 1 unspecified atom stereocenters. The standard InChI is InChI=1S/C30H36IN6O11P/c1-15(26(39)46-17-10-12-44-13-11-17)36-49(41,42)48-22-18-7-5-4-6-16(18)8-9-19(22)45-14-20-23(38)30(2,40)27(47-20)37-24-21(33-28(37)31)25(43-3)35-29(32)34-24/h4-9,15,17,20,23,27,38,40H,10-14H2,1-3H3,(H2,32,34,35)(H2,36,41,42)/t15-,20+,23+,27+,30+/m0/s1. The van der Waals surface area contributed by atoms with E-state index in [2.05, 4.69) is 20.0 Å². The van der Waals surface area contributed by atoms with Gasteiger partial charge in [-0.2, -0.15) is 15.1 Å². The quantitative estimate of drug-likeness (QED) is 0.0634. The number of esters is 1. The number of imidazole rings is 1. The fraction of sp³-hybridized carbons (Fsp3) is 0.467. The summed E-state index contributed by atoms with van der Waals surface area (Å²) >= 11 is 1.94. The molecule has 19 heteroatoms. The molecular weight excluding hydrogens is 778 g/mol. The van der Waals surface area contributed by atoms with Crippen molar-refractivity contribution in [2.45, 2.75) is 62.9 Å². The van der Waals surface area contributed by atoms with Gasteiger partial charge in [0.1, 0.15) is 36.6 Å². The lowest BCUT2D eigenvalue weighted by Crippen LogP contribution is -2.45. The van der Waals surface area contributed by atoms with Crippen LogP contribution >= 0.6 is 30.3 Å². The van der Waals surface area contributed by atoms with Gasteiger partial charge in [0.2, 0.25) is 11.8 Å². The van der Waals surface area contributed by atoms with Gasteiger partial charge in [-0.05, 0) is 25.3 Å². The number of fused-ring (bicyclic) bond motifs is 2. The lowest BCUT2D eigenvalue weighted by atomic mass is 9.96. The zero-order valence-corrected chi connectivity index (χ0v) is 29.7. The number of halogens is 1. The van der Waals surface area contributed by atoms with E-state index in [9.17, 15) is 24.5 Å². The highest BCUT2D eigenvalue weighted by atomic mass is 127. The molecule has 6 N–H and O–H groups in total. The van der Waals surface area contributed by atoms with E-state index in [1.54, 1.807) is 30.3 Å². The van der Waals surface area contributed by atoms with Crippen LogP contribution in [0.1, 0.15) is 32.9 Å². The van der Waals surface area contributed by atoms with E-state index in [4.69, 9.17) is 33.9 Å². The topological polar surface area (TPSA) is 232 Å². The molecule has 0 aliphatic carbocycles. The number of nitrogens with zero attached hydrogens (tertiary/aromatic N) is 4. The Kier molecular flexibility index (Phi) is 10.2. The van der Waals surface area contributed by atoms with Gasteiger partial charge in [-0.25, -0.2) is 9.55 Å². The van der Waals surface area contributed by atoms with E-state index in [0.29, 0.717) is 40.7 Å². The second kappa shape index (κ2) is 14.1. The SMILES string of the molecule is COc1nc(N)nc2c1nc(I)n2[C@@H]1O[C@H](COc2ccc3ccccc3c2OP(=O)(O)N[C@@H](C)C(=O)OC2CCOCC2)[C@@H](O)[C@@]1(C)O.